The van der Waals surface area contributed by atoms with Gasteiger partial charge in [0.05, 0.1) is 11.4 Å². The lowest BCUT2D eigenvalue weighted by Crippen LogP contribution is -2.60. The topological polar surface area (TPSA) is 9.72 Å². The quantitative estimate of drug-likeness (QED) is 0.159. The third-order valence-electron chi connectivity index (χ3n) is 21.9. The first-order valence-electron chi connectivity index (χ1n) is 31.7. The van der Waals surface area contributed by atoms with Crippen LogP contribution >= 0.6 is 22.7 Å². The van der Waals surface area contributed by atoms with Gasteiger partial charge in [-0.3, -0.25) is 0 Å². The molecule has 0 unspecified atom stereocenters. The number of rotatable bonds is 5. The van der Waals surface area contributed by atoms with E-state index in [0.29, 0.717) is 0 Å². The van der Waals surface area contributed by atoms with E-state index in [1.54, 1.807) is 0 Å². The molecular weight excluding hydrogens is 1070 g/mol. The second kappa shape index (κ2) is 18.2. The van der Waals surface area contributed by atoms with Gasteiger partial charge in [0, 0.05) is 74.8 Å². The van der Waals surface area contributed by atoms with Gasteiger partial charge < -0.3 is 14.7 Å². The summed E-state index contributed by atoms with van der Waals surface area (Å²) < 4.78 is 5.45. The standard InChI is InChI=1S/C79H84BN3S2/c1-47-38-57-60(78(13,14)36-34-75(57,7)8)45-64(47)83-63-31-26-48(73(2,3)4)39-62(63)80-70-65(41-52(42-66(70)83)81(49-22-18-17-19-23-49)51-27-29-54-53-24-20-21-25-67(53)84-68(54)43-51)82(50-28-30-56-58(40-50)76(9,10)33-32-74(56,5)6)71-55-44-59-61(46-69(55)85-72(71)80)79(15,16)37-35-77(59,11)12/h17-31,38-46H,32-37H2,1-16H3. The SMILES string of the molecule is Cc1cc2c(cc1N1c3ccc(C(C)(C)C)cc3B3c4sc5cc6c(cc5c4N(c4ccc5c(c4)C(C)(C)CCC5(C)C)c4cc(N(c5ccccc5)c5ccc7c(c5)sc5ccccc57)cc1c43)C(C)(C)CCC6(C)C)C(C)(C)CCC2(C)C. The Morgan fingerprint density at radius 3 is 1.62 bits per heavy atom. The van der Waals surface area contributed by atoms with E-state index in [4.69, 9.17) is 0 Å². The van der Waals surface area contributed by atoms with Crippen LogP contribution in [0.15, 0.2) is 146 Å². The molecule has 0 fully saturated rings. The molecule has 5 aliphatic rings. The van der Waals surface area contributed by atoms with E-state index in [0.717, 1.165) is 29.9 Å². The lowest BCUT2D eigenvalue weighted by atomic mass is 9.36. The zero-order valence-electron chi connectivity index (χ0n) is 53.3. The van der Waals surface area contributed by atoms with Crippen molar-refractivity contribution in [2.75, 3.05) is 14.7 Å². The average Bonchev–Trinajstić information content (AvgIpc) is 1.81. The van der Waals surface area contributed by atoms with E-state index in [2.05, 4.69) is 282 Å². The summed E-state index contributed by atoms with van der Waals surface area (Å²) in [7, 11) is 0. The molecule has 0 radical (unpaired) electrons. The smallest absolute Gasteiger partial charge is 0.264 e. The van der Waals surface area contributed by atoms with Crippen molar-refractivity contribution in [3.8, 4) is 0 Å². The van der Waals surface area contributed by atoms with Crippen molar-refractivity contribution >= 4 is 127 Å². The summed E-state index contributed by atoms with van der Waals surface area (Å²) in [6, 6.07) is 58.4. The molecule has 0 N–H and O–H groups in total. The minimum Gasteiger partial charge on any atom is -0.311 e. The van der Waals surface area contributed by atoms with Crippen molar-refractivity contribution in [1.82, 2.24) is 0 Å². The van der Waals surface area contributed by atoms with Gasteiger partial charge in [0.25, 0.3) is 6.71 Å². The maximum atomic E-state index is 2.79. The number of benzene rings is 8. The molecule has 85 heavy (non-hydrogen) atoms. The molecule has 8 aromatic carbocycles. The van der Waals surface area contributed by atoms with E-state index in [1.165, 1.54) is 150 Å². The van der Waals surface area contributed by atoms with Crippen molar-refractivity contribution in [1.29, 1.82) is 0 Å². The highest BCUT2D eigenvalue weighted by molar-refractivity contribution is 7.33. The number of hydrogen-bond donors (Lipinski definition) is 0. The van der Waals surface area contributed by atoms with Crippen LogP contribution in [-0.2, 0) is 37.9 Å². The Hall–Kier alpha value is -6.60. The first-order chi connectivity index (χ1) is 40.1. The summed E-state index contributed by atoms with van der Waals surface area (Å²) in [6.07, 6.45) is 7.01. The monoisotopic (exact) mass is 1150 g/mol. The fourth-order valence-electron chi connectivity index (χ4n) is 16.2. The molecule has 0 atom stereocenters. The van der Waals surface area contributed by atoms with E-state index >= 15 is 0 Å². The molecule has 3 nitrogen and oxygen atoms in total. The largest absolute Gasteiger partial charge is 0.311 e. The number of para-hydroxylation sites is 1. The van der Waals surface area contributed by atoms with Gasteiger partial charge in [0.2, 0.25) is 0 Å². The second-order valence-corrected chi connectivity index (χ2v) is 33.6. The highest BCUT2D eigenvalue weighted by atomic mass is 32.1. The molecule has 0 spiro atoms. The third kappa shape index (κ3) is 8.29. The Kier molecular flexibility index (Phi) is 11.8. The van der Waals surface area contributed by atoms with Gasteiger partial charge in [-0.05, 0) is 218 Å². The van der Waals surface area contributed by atoms with Crippen molar-refractivity contribution in [3.63, 3.8) is 0 Å². The number of fused-ring (bicyclic) bond motifs is 12. The van der Waals surface area contributed by atoms with Gasteiger partial charge in [-0.25, -0.2) is 0 Å². The summed E-state index contributed by atoms with van der Waals surface area (Å²) in [6.45, 7) is 39.4. The summed E-state index contributed by atoms with van der Waals surface area (Å²) in [5, 5.41) is 4.00. The van der Waals surface area contributed by atoms with Gasteiger partial charge in [0.15, 0.2) is 0 Å². The van der Waals surface area contributed by atoms with Crippen LogP contribution in [0.5, 0.6) is 0 Å². The predicted octanol–water partition coefficient (Wildman–Crippen LogP) is 21.5. The van der Waals surface area contributed by atoms with Crippen LogP contribution in [-0.4, -0.2) is 6.71 Å². The van der Waals surface area contributed by atoms with Crippen LogP contribution < -0.4 is 30.4 Å². The first-order valence-corrected chi connectivity index (χ1v) is 33.4. The molecule has 2 aliphatic heterocycles. The zero-order valence-corrected chi connectivity index (χ0v) is 55.0. The highest BCUT2D eigenvalue weighted by Crippen LogP contribution is 2.57. The van der Waals surface area contributed by atoms with Gasteiger partial charge in [-0.15, -0.1) is 22.7 Å². The van der Waals surface area contributed by atoms with Crippen LogP contribution in [0, 0.1) is 6.92 Å². The minimum atomic E-state index is -0.0699. The Bertz CT molecular complexity index is 4460. The van der Waals surface area contributed by atoms with Crippen LogP contribution in [0.3, 0.4) is 0 Å². The molecular formula is C79H84BN3S2. The number of hydrogen-bond acceptors (Lipinski definition) is 5. The van der Waals surface area contributed by atoms with Crippen molar-refractivity contribution in [3.05, 3.63) is 190 Å². The van der Waals surface area contributed by atoms with Gasteiger partial charge in [-0.2, -0.15) is 0 Å². The van der Waals surface area contributed by atoms with Crippen molar-refractivity contribution in [2.24, 2.45) is 0 Å². The molecule has 3 aliphatic carbocycles. The predicted molar refractivity (Wildman–Crippen MR) is 373 cm³/mol. The third-order valence-corrected chi connectivity index (χ3v) is 24.2. The van der Waals surface area contributed by atoms with Crippen LogP contribution in [0.4, 0.5) is 51.2 Å². The molecule has 6 heteroatoms. The molecule has 4 heterocycles. The minimum absolute atomic E-state index is 0.00937. The maximum absolute atomic E-state index is 2.79. The highest BCUT2D eigenvalue weighted by Gasteiger charge is 2.49. The number of anilines is 9. The van der Waals surface area contributed by atoms with Crippen LogP contribution in [0.1, 0.15) is 187 Å². The summed E-state index contributed by atoms with van der Waals surface area (Å²) in [4.78, 5) is 8.10. The van der Waals surface area contributed by atoms with Crippen molar-refractivity contribution < 1.29 is 0 Å². The van der Waals surface area contributed by atoms with E-state index in [1.807, 2.05) is 11.3 Å². The number of aryl methyl sites for hydroxylation is 1. The lowest BCUT2D eigenvalue weighted by molar-refractivity contribution is 0.332. The molecule has 0 bridgehead atoms. The van der Waals surface area contributed by atoms with Gasteiger partial charge >= 0.3 is 0 Å². The van der Waals surface area contributed by atoms with Crippen LogP contribution in [0.25, 0.3) is 30.3 Å². The molecule has 430 valence electrons. The van der Waals surface area contributed by atoms with Gasteiger partial charge in [-0.1, -0.05) is 171 Å². The summed E-state index contributed by atoms with van der Waals surface area (Å²) in [5.74, 6) is 0. The van der Waals surface area contributed by atoms with Gasteiger partial charge in [0.1, 0.15) is 0 Å². The van der Waals surface area contributed by atoms with E-state index in [-0.39, 0.29) is 44.6 Å². The number of thiophene rings is 2. The lowest BCUT2D eigenvalue weighted by Gasteiger charge is -2.47. The zero-order chi connectivity index (χ0) is 59.4. The van der Waals surface area contributed by atoms with E-state index < -0.39 is 0 Å². The molecule has 10 aromatic rings. The Morgan fingerprint density at radius 1 is 0.412 bits per heavy atom. The van der Waals surface area contributed by atoms with Crippen molar-refractivity contribution in [2.45, 2.75) is 187 Å². The fourth-order valence-corrected chi connectivity index (χ4v) is 18.7. The molecule has 15 rings (SSSR count). The molecule has 0 saturated carbocycles. The van der Waals surface area contributed by atoms with Crippen LogP contribution in [0.2, 0.25) is 0 Å². The Morgan fingerprint density at radius 2 is 0.965 bits per heavy atom. The summed E-state index contributed by atoms with van der Waals surface area (Å²) in [5.41, 5.74) is 25.7. The first kappa shape index (κ1) is 55.0. The normalized spacial score (nSPS) is 19.0. The number of nitrogens with zero attached hydrogens (tertiary/aromatic N) is 3. The second-order valence-electron chi connectivity index (χ2n) is 31.4. The van der Waals surface area contributed by atoms with E-state index in [9.17, 15) is 0 Å². The Labute approximate surface area is 515 Å². The Balaban J connectivity index is 1.11. The molecule has 2 aromatic heterocycles. The molecule has 0 saturated heterocycles. The summed E-state index contributed by atoms with van der Waals surface area (Å²) >= 11 is 3.97. The maximum Gasteiger partial charge on any atom is 0.264 e. The fraction of sp³-hybridized carbons (Fsp3) is 0.367. The average molecular weight is 1150 g/mol. The molecule has 0 amide bonds.